The SMILES string of the molecule is CCN1C(=O)C=C(c2ccc(Cl)c(Cl)c2)C1=O. The van der Waals surface area contributed by atoms with Crippen LogP contribution in [0.5, 0.6) is 0 Å². The first-order chi connectivity index (χ1) is 8.04. The summed E-state index contributed by atoms with van der Waals surface area (Å²) in [6, 6.07) is 4.86. The molecule has 2 rings (SSSR count). The number of likely N-dealkylation sites (N-methyl/N-ethyl adjacent to an activating group) is 1. The van der Waals surface area contributed by atoms with Crippen LogP contribution in [-0.2, 0) is 9.59 Å². The Morgan fingerprint density at radius 3 is 2.41 bits per heavy atom. The fraction of sp³-hybridized carbons (Fsp3) is 0.167. The van der Waals surface area contributed by atoms with Gasteiger partial charge in [-0.05, 0) is 24.6 Å². The van der Waals surface area contributed by atoms with Crippen molar-refractivity contribution < 1.29 is 9.59 Å². The number of carbonyl (C=O) groups excluding carboxylic acids is 2. The molecule has 1 aromatic rings. The average Bonchev–Trinajstić information content (AvgIpc) is 2.58. The Balaban J connectivity index is 2.42. The predicted molar refractivity (Wildman–Crippen MR) is 66.8 cm³/mol. The van der Waals surface area contributed by atoms with Crippen molar-refractivity contribution in [2.75, 3.05) is 6.54 Å². The molecule has 0 N–H and O–H groups in total. The van der Waals surface area contributed by atoms with Crippen molar-refractivity contribution in [1.82, 2.24) is 4.90 Å². The van der Waals surface area contributed by atoms with Crippen LogP contribution in [0.15, 0.2) is 24.3 Å². The van der Waals surface area contributed by atoms with Gasteiger partial charge in [0.1, 0.15) is 0 Å². The van der Waals surface area contributed by atoms with Gasteiger partial charge in [0.05, 0.1) is 15.6 Å². The summed E-state index contributed by atoms with van der Waals surface area (Å²) in [5, 5.41) is 0.778. The highest BCUT2D eigenvalue weighted by Crippen LogP contribution is 2.29. The molecule has 3 nitrogen and oxygen atoms in total. The van der Waals surface area contributed by atoms with Crippen LogP contribution in [0.2, 0.25) is 10.0 Å². The lowest BCUT2D eigenvalue weighted by molar-refractivity contribution is -0.136. The van der Waals surface area contributed by atoms with Gasteiger partial charge in [0.2, 0.25) is 0 Å². The Morgan fingerprint density at radius 2 is 1.88 bits per heavy atom. The topological polar surface area (TPSA) is 37.4 Å². The van der Waals surface area contributed by atoms with E-state index in [0.717, 1.165) is 0 Å². The van der Waals surface area contributed by atoms with E-state index in [0.29, 0.717) is 27.7 Å². The van der Waals surface area contributed by atoms with Gasteiger partial charge in [-0.15, -0.1) is 0 Å². The lowest BCUT2D eigenvalue weighted by Crippen LogP contribution is -2.30. The molecule has 0 atom stereocenters. The lowest BCUT2D eigenvalue weighted by Gasteiger charge is -2.11. The predicted octanol–water partition coefficient (Wildman–Crippen LogP) is 2.77. The first-order valence-corrected chi connectivity index (χ1v) is 5.83. The van der Waals surface area contributed by atoms with Crippen LogP contribution >= 0.6 is 23.2 Å². The normalized spacial score (nSPS) is 15.5. The molecule has 0 bridgehead atoms. The summed E-state index contributed by atoms with van der Waals surface area (Å²) in [4.78, 5) is 24.6. The van der Waals surface area contributed by atoms with Gasteiger partial charge in [-0.2, -0.15) is 0 Å². The van der Waals surface area contributed by atoms with Gasteiger partial charge >= 0.3 is 0 Å². The van der Waals surface area contributed by atoms with E-state index in [4.69, 9.17) is 23.2 Å². The largest absolute Gasteiger partial charge is 0.275 e. The molecule has 5 heteroatoms. The summed E-state index contributed by atoms with van der Waals surface area (Å²) >= 11 is 11.7. The van der Waals surface area contributed by atoms with Gasteiger partial charge in [-0.25, -0.2) is 0 Å². The molecule has 0 saturated carbocycles. The fourth-order valence-corrected chi connectivity index (χ4v) is 1.98. The number of nitrogens with zero attached hydrogens (tertiary/aromatic N) is 1. The van der Waals surface area contributed by atoms with E-state index < -0.39 is 0 Å². The van der Waals surface area contributed by atoms with E-state index >= 15 is 0 Å². The van der Waals surface area contributed by atoms with E-state index in [1.807, 2.05) is 0 Å². The van der Waals surface area contributed by atoms with Crippen molar-refractivity contribution in [2.24, 2.45) is 0 Å². The van der Waals surface area contributed by atoms with Crippen LogP contribution in [0, 0.1) is 0 Å². The summed E-state index contributed by atoms with van der Waals surface area (Å²) in [5.41, 5.74) is 0.962. The maximum atomic E-state index is 11.9. The van der Waals surface area contributed by atoms with Crippen LogP contribution in [0.25, 0.3) is 5.57 Å². The Morgan fingerprint density at radius 1 is 1.18 bits per heavy atom. The minimum absolute atomic E-state index is 0.293. The Labute approximate surface area is 109 Å². The third-order valence-corrected chi connectivity index (χ3v) is 3.30. The van der Waals surface area contributed by atoms with Crippen LogP contribution in [0.3, 0.4) is 0 Å². The zero-order valence-corrected chi connectivity index (χ0v) is 10.5. The fourth-order valence-electron chi connectivity index (χ4n) is 1.68. The molecule has 0 radical (unpaired) electrons. The van der Waals surface area contributed by atoms with Gasteiger partial charge in [-0.3, -0.25) is 14.5 Å². The molecular weight excluding hydrogens is 261 g/mol. The number of imide groups is 1. The first-order valence-electron chi connectivity index (χ1n) is 5.07. The van der Waals surface area contributed by atoms with E-state index in [-0.39, 0.29) is 11.8 Å². The van der Waals surface area contributed by atoms with E-state index in [2.05, 4.69) is 0 Å². The molecule has 1 aliphatic heterocycles. The van der Waals surface area contributed by atoms with Gasteiger partial charge in [0.25, 0.3) is 11.8 Å². The second-order valence-corrected chi connectivity index (χ2v) is 4.39. The Kier molecular flexibility index (Phi) is 3.22. The van der Waals surface area contributed by atoms with Gasteiger partial charge < -0.3 is 0 Å². The number of hydrogen-bond donors (Lipinski definition) is 0. The smallest absolute Gasteiger partial charge is 0.261 e. The van der Waals surface area contributed by atoms with Gasteiger partial charge in [0, 0.05) is 12.6 Å². The highest BCUT2D eigenvalue weighted by Gasteiger charge is 2.30. The molecule has 0 aliphatic carbocycles. The third-order valence-electron chi connectivity index (χ3n) is 2.56. The van der Waals surface area contributed by atoms with Crippen molar-refractivity contribution in [3.63, 3.8) is 0 Å². The maximum Gasteiger partial charge on any atom is 0.261 e. The number of rotatable bonds is 2. The zero-order chi connectivity index (χ0) is 12.6. The third kappa shape index (κ3) is 2.08. The molecule has 1 heterocycles. The Hall–Kier alpha value is -1.32. The summed E-state index contributed by atoms with van der Waals surface area (Å²) in [7, 11) is 0. The van der Waals surface area contributed by atoms with Crippen molar-refractivity contribution in [3.05, 3.63) is 39.9 Å². The Bertz CT molecular complexity index is 537. The molecule has 0 fully saturated rings. The molecular formula is C12H9Cl2NO2. The van der Waals surface area contributed by atoms with Gasteiger partial charge in [-0.1, -0.05) is 29.3 Å². The summed E-state index contributed by atoms with van der Waals surface area (Å²) in [6.45, 7) is 2.11. The molecule has 17 heavy (non-hydrogen) atoms. The van der Waals surface area contributed by atoms with E-state index in [1.54, 1.807) is 25.1 Å². The average molecular weight is 270 g/mol. The number of amides is 2. The number of benzene rings is 1. The van der Waals surface area contributed by atoms with Crippen LogP contribution in [0.4, 0.5) is 0 Å². The number of halogens is 2. The quantitative estimate of drug-likeness (QED) is 0.775. The highest BCUT2D eigenvalue weighted by atomic mass is 35.5. The number of carbonyl (C=O) groups is 2. The summed E-state index contributed by atoms with van der Waals surface area (Å²) in [6.07, 6.45) is 1.32. The van der Waals surface area contributed by atoms with E-state index in [9.17, 15) is 9.59 Å². The number of hydrogen-bond acceptors (Lipinski definition) is 2. The van der Waals surface area contributed by atoms with E-state index in [1.165, 1.54) is 11.0 Å². The van der Waals surface area contributed by atoms with Crippen molar-refractivity contribution in [2.45, 2.75) is 6.92 Å². The summed E-state index contributed by atoms with van der Waals surface area (Å²) in [5.74, 6) is -0.588. The monoisotopic (exact) mass is 269 g/mol. The second-order valence-electron chi connectivity index (χ2n) is 3.57. The molecule has 0 saturated heterocycles. The van der Waals surface area contributed by atoms with Crippen LogP contribution < -0.4 is 0 Å². The van der Waals surface area contributed by atoms with Crippen molar-refractivity contribution in [1.29, 1.82) is 0 Å². The van der Waals surface area contributed by atoms with Crippen LogP contribution in [0.1, 0.15) is 12.5 Å². The standard InChI is InChI=1S/C12H9Cl2NO2/c1-2-15-11(16)6-8(12(15)17)7-3-4-9(13)10(14)5-7/h3-6H,2H2,1H3. The molecule has 0 unspecified atom stereocenters. The zero-order valence-electron chi connectivity index (χ0n) is 9.04. The molecule has 1 aromatic carbocycles. The lowest BCUT2D eigenvalue weighted by atomic mass is 10.1. The molecule has 0 spiro atoms. The maximum absolute atomic E-state index is 11.9. The summed E-state index contributed by atoms with van der Waals surface area (Å²) < 4.78 is 0. The van der Waals surface area contributed by atoms with Crippen LogP contribution in [-0.4, -0.2) is 23.3 Å². The second kappa shape index (κ2) is 4.51. The molecule has 88 valence electrons. The van der Waals surface area contributed by atoms with Crippen molar-refractivity contribution in [3.8, 4) is 0 Å². The molecule has 1 aliphatic rings. The minimum atomic E-state index is -0.295. The van der Waals surface area contributed by atoms with Crippen molar-refractivity contribution >= 4 is 40.6 Å². The molecule has 0 aromatic heterocycles. The first kappa shape index (κ1) is 12.1. The highest BCUT2D eigenvalue weighted by molar-refractivity contribution is 6.42. The minimum Gasteiger partial charge on any atom is -0.275 e. The van der Waals surface area contributed by atoms with Gasteiger partial charge in [0.15, 0.2) is 0 Å². The molecule has 2 amide bonds.